The van der Waals surface area contributed by atoms with Gasteiger partial charge in [-0.2, -0.15) is 0 Å². The summed E-state index contributed by atoms with van der Waals surface area (Å²) in [6, 6.07) is -0.807. The molecule has 0 spiro atoms. The molecule has 1 rings (SSSR count). The Morgan fingerprint density at radius 2 is 0.797 bits per heavy atom. The van der Waals surface area contributed by atoms with Crippen LogP contribution in [0.25, 0.3) is 0 Å². The van der Waals surface area contributed by atoms with Crippen molar-refractivity contribution in [3.63, 3.8) is 0 Å². The van der Waals surface area contributed by atoms with Crippen LogP contribution < -0.4 is 5.32 Å². The zero-order valence-electron chi connectivity index (χ0n) is 48.4. The van der Waals surface area contributed by atoms with E-state index in [4.69, 9.17) is 9.47 Å². The molecule has 0 aromatic rings. The van der Waals surface area contributed by atoms with Crippen molar-refractivity contribution in [3.05, 3.63) is 48.6 Å². The second-order valence-corrected chi connectivity index (χ2v) is 22.2. The predicted molar refractivity (Wildman–Crippen MR) is 313 cm³/mol. The molecular formula is C65H121NO8. The number of rotatable bonds is 55. The average Bonchev–Trinajstić information content (AvgIpc) is 3.40. The van der Waals surface area contributed by atoms with Gasteiger partial charge in [0.1, 0.15) is 24.4 Å². The highest BCUT2D eigenvalue weighted by atomic mass is 16.7. The summed E-state index contributed by atoms with van der Waals surface area (Å²) in [6.45, 7) is 3.80. The van der Waals surface area contributed by atoms with Gasteiger partial charge in [0.25, 0.3) is 0 Å². The minimum Gasteiger partial charge on any atom is -0.394 e. The SMILES string of the molecule is CCCCCCC/C=C\C/C=C\C/C=C\CCCCCCCCCCCCCCCCC(=O)NC(COC1OC(CO)C(O)C(O)C1O)C(O)/C=C/CCCCCCCCCCCCCCCCCCCCCC. The molecule has 9 heteroatoms. The highest BCUT2D eigenvalue weighted by molar-refractivity contribution is 5.76. The summed E-state index contributed by atoms with van der Waals surface area (Å²) in [5.74, 6) is -0.174. The van der Waals surface area contributed by atoms with E-state index in [1.165, 1.54) is 231 Å². The van der Waals surface area contributed by atoms with E-state index < -0.39 is 49.5 Å². The minimum absolute atomic E-state index is 0.174. The first-order valence-electron chi connectivity index (χ1n) is 31.9. The molecule has 434 valence electrons. The molecule has 0 saturated carbocycles. The molecule has 1 heterocycles. The van der Waals surface area contributed by atoms with Crippen molar-refractivity contribution in [2.24, 2.45) is 0 Å². The van der Waals surface area contributed by atoms with Crippen LogP contribution in [0.1, 0.15) is 303 Å². The molecule has 0 aromatic heterocycles. The zero-order chi connectivity index (χ0) is 53.6. The first-order valence-corrected chi connectivity index (χ1v) is 31.9. The first-order chi connectivity index (χ1) is 36.3. The third-order valence-electron chi connectivity index (χ3n) is 15.1. The summed E-state index contributed by atoms with van der Waals surface area (Å²) < 4.78 is 11.3. The molecule has 9 nitrogen and oxygen atoms in total. The molecule has 0 aromatic carbocycles. The Morgan fingerprint density at radius 3 is 1.18 bits per heavy atom. The molecule has 1 aliphatic heterocycles. The van der Waals surface area contributed by atoms with E-state index in [9.17, 15) is 30.3 Å². The summed E-state index contributed by atoms with van der Waals surface area (Å²) in [6.07, 6.45) is 66.1. The highest BCUT2D eigenvalue weighted by Crippen LogP contribution is 2.23. The van der Waals surface area contributed by atoms with Gasteiger partial charge in [0.05, 0.1) is 25.4 Å². The second kappa shape index (κ2) is 54.5. The lowest BCUT2D eigenvalue weighted by atomic mass is 9.99. The van der Waals surface area contributed by atoms with Crippen LogP contribution in [0, 0.1) is 0 Å². The number of ether oxygens (including phenoxy) is 2. The maximum atomic E-state index is 13.1. The number of unbranched alkanes of at least 4 members (excludes halogenated alkanes) is 39. The maximum Gasteiger partial charge on any atom is 0.220 e. The zero-order valence-corrected chi connectivity index (χ0v) is 48.4. The Labute approximate surface area is 456 Å². The van der Waals surface area contributed by atoms with E-state index in [1.807, 2.05) is 6.08 Å². The molecular weight excluding hydrogens is 923 g/mol. The van der Waals surface area contributed by atoms with Gasteiger partial charge < -0.3 is 40.3 Å². The number of hydrogen-bond acceptors (Lipinski definition) is 8. The quantitative estimate of drug-likeness (QED) is 0.0261. The van der Waals surface area contributed by atoms with E-state index >= 15 is 0 Å². The van der Waals surface area contributed by atoms with Crippen LogP contribution in [0.4, 0.5) is 0 Å². The van der Waals surface area contributed by atoms with Crippen LogP contribution in [-0.4, -0.2) is 87.5 Å². The number of carbonyl (C=O) groups excluding carboxylic acids is 1. The van der Waals surface area contributed by atoms with Crippen LogP contribution in [-0.2, 0) is 14.3 Å². The smallest absolute Gasteiger partial charge is 0.220 e. The van der Waals surface area contributed by atoms with Crippen molar-refractivity contribution in [2.45, 2.75) is 346 Å². The predicted octanol–water partition coefficient (Wildman–Crippen LogP) is 16.5. The number of hydrogen-bond donors (Lipinski definition) is 6. The molecule has 0 bridgehead atoms. The summed E-state index contributed by atoms with van der Waals surface area (Å²) in [5, 5.41) is 54.7. The molecule has 1 saturated heterocycles. The maximum absolute atomic E-state index is 13.1. The van der Waals surface area contributed by atoms with Crippen molar-refractivity contribution in [2.75, 3.05) is 13.2 Å². The number of aliphatic hydroxyl groups is 5. The van der Waals surface area contributed by atoms with Crippen molar-refractivity contribution in [1.29, 1.82) is 0 Å². The van der Waals surface area contributed by atoms with Gasteiger partial charge in [0, 0.05) is 6.42 Å². The first kappa shape index (κ1) is 70.2. The minimum atomic E-state index is -1.57. The lowest BCUT2D eigenvalue weighted by Gasteiger charge is -2.40. The van der Waals surface area contributed by atoms with Gasteiger partial charge in [-0.15, -0.1) is 0 Å². The molecule has 1 amide bonds. The fourth-order valence-electron chi connectivity index (χ4n) is 10.1. The largest absolute Gasteiger partial charge is 0.394 e. The standard InChI is InChI=1S/C65H121NO8/c1-3-5-7-9-11-13-15-17-19-21-23-25-27-28-29-30-31-32-33-35-37-39-41-43-45-47-49-51-53-55-61(69)66-58(57-73-65-64(72)63(71)62(70)60(56-67)74-65)59(68)54-52-50-48-46-44-42-40-38-36-34-26-24-22-20-18-16-14-12-10-8-6-4-2/h15,17,21,23,27-28,52,54,58-60,62-65,67-68,70-72H,3-14,16,18-20,22,24-26,29-51,53,55-57H2,1-2H3,(H,66,69)/b17-15-,23-21-,28-27-,54-52+. The number of amides is 1. The fourth-order valence-corrected chi connectivity index (χ4v) is 10.1. The fraction of sp³-hybridized carbons (Fsp3) is 0.862. The monoisotopic (exact) mass is 1040 g/mol. The van der Waals surface area contributed by atoms with Gasteiger partial charge in [0.15, 0.2) is 6.29 Å². The Morgan fingerprint density at radius 1 is 0.459 bits per heavy atom. The average molecular weight is 1040 g/mol. The van der Waals surface area contributed by atoms with Gasteiger partial charge in [-0.25, -0.2) is 0 Å². The Bertz CT molecular complexity index is 1300. The topological polar surface area (TPSA) is 149 Å². The van der Waals surface area contributed by atoms with Crippen LogP contribution >= 0.6 is 0 Å². The number of allylic oxidation sites excluding steroid dienone is 7. The molecule has 7 unspecified atom stereocenters. The normalized spacial score (nSPS) is 19.3. The van der Waals surface area contributed by atoms with Gasteiger partial charge in [0.2, 0.25) is 5.91 Å². The van der Waals surface area contributed by atoms with Crippen LogP contribution in [0.2, 0.25) is 0 Å². The molecule has 0 aliphatic carbocycles. The van der Waals surface area contributed by atoms with Gasteiger partial charge in [-0.3, -0.25) is 4.79 Å². The van der Waals surface area contributed by atoms with E-state index in [-0.39, 0.29) is 12.5 Å². The second-order valence-electron chi connectivity index (χ2n) is 22.2. The highest BCUT2D eigenvalue weighted by Gasteiger charge is 2.44. The third-order valence-corrected chi connectivity index (χ3v) is 15.1. The van der Waals surface area contributed by atoms with E-state index in [1.54, 1.807) is 6.08 Å². The number of carbonyl (C=O) groups is 1. The number of nitrogens with one attached hydrogen (secondary N) is 1. The molecule has 1 fully saturated rings. The lowest BCUT2D eigenvalue weighted by Crippen LogP contribution is -2.60. The van der Waals surface area contributed by atoms with Gasteiger partial charge in [-0.05, 0) is 57.8 Å². The van der Waals surface area contributed by atoms with Crippen molar-refractivity contribution >= 4 is 5.91 Å². The van der Waals surface area contributed by atoms with E-state index in [0.29, 0.717) is 6.42 Å². The van der Waals surface area contributed by atoms with Gasteiger partial charge in [-0.1, -0.05) is 287 Å². The molecule has 74 heavy (non-hydrogen) atoms. The lowest BCUT2D eigenvalue weighted by molar-refractivity contribution is -0.302. The van der Waals surface area contributed by atoms with Crippen LogP contribution in [0.5, 0.6) is 0 Å². The van der Waals surface area contributed by atoms with E-state index in [0.717, 1.165) is 51.4 Å². The molecule has 7 atom stereocenters. The molecule has 1 aliphatic rings. The third kappa shape index (κ3) is 43.2. The van der Waals surface area contributed by atoms with Crippen molar-refractivity contribution in [3.8, 4) is 0 Å². The summed E-state index contributed by atoms with van der Waals surface area (Å²) >= 11 is 0. The van der Waals surface area contributed by atoms with Crippen LogP contribution in [0.15, 0.2) is 48.6 Å². The van der Waals surface area contributed by atoms with Gasteiger partial charge >= 0.3 is 0 Å². The number of aliphatic hydroxyl groups excluding tert-OH is 5. The van der Waals surface area contributed by atoms with E-state index in [2.05, 4.69) is 55.6 Å². The molecule has 0 radical (unpaired) electrons. The Hall–Kier alpha value is -1.85. The molecule has 6 N–H and O–H groups in total. The van der Waals surface area contributed by atoms with Crippen molar-refractivity contribution in [1.82, 2.24) is 5.32 Å². The summed E-state index contributed by atoms with van der Waals surface area (Å²) in [4.78, 5) is 13.1. The van der Waals surface area contributed by atoms with Crippen LogP contribution in [0.3, 0.4) is 0 Å². The summed E-state index contributed by atoms with van der Waals surface area (Å²) in [7, 11) is 0. The van der Waals surface area contributed by atoms with Crippen molar-refractivity contribution < 1.29 is 39.8 Å². The summed E-state index contributed by atoms with van der Waals surface area (Å²) in [5.41, 5.74) is 0. The Balaban J connectivity index is 2.18. The Kier molecular flexibility index (Phi) is 51.7.